The highest BCUT2D eigenvalue weighted by atomic mass is 19.1. The van der Waals surface area contributed by atoms with Crippen LogP contribution in [0.5, 0.6) is 0 Å². The Hall–Kier alpha value is -1.05. The number of rotatable bonds is 0. The second kappa shape index (κ2) is 2.72. The van der Waals surface area contributed by atoms with E-state index in [0.29, 0.717) is 6.04 Å². The lowest BCUT2D eigenvalue weighted by Crippen LogP contribution is -2.36. The third-order valence-corrected chi connectivity index (χ3v) is 3.66. The minimum absolute atomic E-state index is 0.0339. The molecule has 76 valence electrons. The second-order valence-electron chi connectivity index (χ2n) is 4.67. The predicted molar refractivity (Wildman–Crippen MR) is 57.3 cm³/mol. The van der Waals surface area contributed by atoms with Crippen LogP contribution in [0.3, 0.4) is 0 Å². The van der Waals surface area contributed by atoms with Crippen molar-refractivity contribution in [1.29, 1.82) is 0 Å². The molecule has 1 atom stereocenters. The summed E-state index contributed by atoms with van der Waals surface area (Å²) in [5, 5.41) is 0. The molecule has 0 spiro atoms. The van der Waals surface area contributed by atoms with Crippen LogP contribution in [0.1, 0.15) is 26.3 Å². The smallest absolute Gasteiger partial charge is 0.123 e. The van der Waals surface area contributed by atoms with Crippen LogP contribution in [0.2, 0.25) is 0 Å². The molecule has 0 bridgehead atoms. The predicted octanol–water partition coefficient (Wildman–Crippen LogP) is 2.94. The zero-order valence-electron chi connectivity index (χ0n) is 9.13. The van der Waals surface area contributed by atoms with E-state index in [1.807, 2.05) is 6.07 Å². The fourth-order valence-electron chi connectivity index (χ4n) is 2.25. The van der Waals surface area contributed by atoms with Gasteiger partial charge in [0.05, 0.1) is 0 Å². The minimum Gasteiger partial charge on any atom is -0.371 e. The lowest BCUT2D eigenvalue weighted by molar-refractivity contribution is 0.452. The molecular formula is C12H16FN. The number of hydrogen-bond donors (Lipinski definition) is 0. The van der Waals surface area contributed by atoms with Gasteiger partial charge in [-0.05, 0) is 30.7 Å². The van der Waals surface area contributed by atoms with Gasteiger partial charge < -0.3 is 4.90 Å². The number of likely N-dealkylation sites (N-methyl/N-ethyl adjacent to an activating group) is 1. The van der Waals surface area contributed by atoms with E-state index in [4.69, 9.17) is 0 Å². The fourth-order valence-corrected chi connectivity index (χ4v) is 2.25. The molecule has 0 saturated carbocycles. The largest absolute Gasteiger partial charge is 0.371 e. The van der Waals surface area contributed by atoms with E-state index in [0.717, 1.165) is 11.3 Å². The Morgan fingerprint density at radius 1 is 1.36 bits per heavy atom. The summed E-state index contributed by atoms with van der Waals surface area (Å²) in [6, 6.07) is 5.48. The molecule has 0 aromatic heterocycles. The molecule has 14 heavy (non-hydrogen) atoms. The van der Waals surface area contributed by atoms with Gasteiger partial charge >= 0.3 is 0 Å². The Morgan fingerprint density at radius 3 is 2.64 bits per heavy atom. The van der Waals surface area contributed by atoms with E-state index in [9.17, 15) is 4.39 Å². The molecule has 0 saturated heterocycles. The maximum Gasteiger partial charge on any atom is 0.123 e. The highest BCUT2D eigenvalue weighted by molar-refractivity contribution is 5.63. The highest BCUT2D eigenvalue weighted by Crippen LogP contribution is 2.44. The van der Waals surface area contributed by atoms with E-state index in [-0.39, 0.29) is 11.2 Å². The molecule has 1 nitrogen and oxygen atoms in total. The first kappa shape index (κ1) is 9.50. The van der Waals surface area contributed by atoms with Crippen LogP contribution in [0, 0.1) is 5.82 Å². The first-order chi connectivity index (χ1) is 6.44. The van der Waals surface area contributed by atoms with Gasteiger partial charge in [0.25, 0.3) is 0 Å². The van der Waals surface area contributed by atoms with E-state index in [2.05, 4.69) is 32.7 Å². The van der Waals surface area contributed by atoms with Crippen LogP contribution in [0.15, 0.2) is 18.2 Å². The maximum absolute atomic E-state index is 13.1. The normalized spacial score (nSPS) is 23.8. The molecule has 0 fully saturated rings. The van der Waals surface area contributed by atoms with Gasteiger partial charge in [0.1, 0.15) is 5.82 Å². The summed E-state index contributed by atoms with van der Waals surface area (Å²) in [6.45, 7) is 6.51. The summed E-state index contributed by atoms with van der Waals surface area (Å²) in [5.74, 6) is -0.140. The molecule has 2 rings (SSSR count). The fraction of sp³-hybridized carbons (Fsp3) is 0.500. The van der Waals surface area contributed by atoms with Crippen molar-refractivity contribution in [2.45, 2.75) is 32.2 Å². The van der Waals surface area contributed by atoms with Crippen molar-refractivity contribution in [2.75, 3.05) is 11.9 Å². The third kappa shape index (κ3) is 1.06. The van der Waals surface area contributed by atoms with Gasteiger partial charge in [-0.1, -0.05) is 13.8 Å². The van der Waals surface area contributed by atoms with E-state index < -0.39 is 0 Å². The van der Waals surface area contributed by atoms with Crippen LogP contribution >= 0.6 is 0 Å². The van der Waals surface area contributed by atoms with Gasteiger partial charge in [-0.2, -0.15) is 0 Å². The van der Waals surface area contributed by atoms with Crippen molar-refractivity contribution in [3.63, 3.8) is 0 Å². The lowest BCUT2D eigenvalue weighted by Gasteiger charge is -2.28. The molecule has 0 aliphatic carbocycles. The number of benzene rings is 1. The van der Waals surface area contributed by atoms with Crippen LogP contribution in [-0.2, 0) is 5.41 Å². The van der Waals surface area contributed by atoms with Crippen LogP contribution < -0.4 is 4.90 Å². The summed E-state index contributed by atoms with van der Waals surface area (Å²) >= 11 is 0. The van der Waals surface area contributed by atoms with Crippen molar-refractivity contribution in [2.24, 2.45) is 0 Å². The zero-order chi connectivity index (χ0) is 10.5. The van der Waals surface area contributed by atoms with Crippen molar-refractivity contribution in [1.82, 2.24) is 0 Å². The molecular weight excluding hydrogens is 177 g/mol. The van der Waals surface area contributed by atoms with Crippen molar-refractivity contribution >= 4 is 5.69 Å². The molecule has 1 aromatic rings. The number of anilines is 1. The van der Waals surface area contributed by atoms with Gasteiger partial charge in [0, 0.05) is 24.2 Å². The number of hydrogen-bond acceptors (Lipinski definition) is 1. The van der Waals surface area contributed by atoms with Crippen molar-refractivity contribution in [3.8, 4) is 0 Å². The first-order valence-electron chi connectivity index (χ1n) is 4.97. The summed E-state index contributed by atoms with van der Waals surface area (Å²) in [5.41, 5.74) is 2.31. The van der Waals surface area contributed by atoms with E-state index in [1.54, 1.807) is 6.07 Å². The molecule has 1 aliphatic rings. The molecule has 1 aromatic carbocycles. The summed E-state index contributed by atoms with van der Waals surface area (Å²) in [7, 11) is 2.07. The Morgan fingerprint density at radius 2 is 2.00 bits per heavy atom. The van der Waals surface area contributed by atoms with Crippen molar-refractivity contribution in [3.05, 3.63) is 29.6 Å². The Balaban J connectivity index is 2.63. The molecule has 0 radical (unpaired) electrons. The van der Waals surface area contributed by atoms with Gasteiger partial charge in [-0.25, -0.2) is 4.39 Å². The second-order valence-corrected chi connectivity index (χ2v) is 4.67. The van der Waals surface area contributed by atoms with Gasteiger partial charge in [0.15, 0.2) is 0 Å². The van der Waals surface area contributed by atoms with Gasteiger partial charge in [-0.3, -0.25) is 0 Å². The molecule has 0 amide bonds. The highest BCUT2D eigenvalue weighted by Gasteiger charge is 2.40. The zero-order valence-corrected chi connectivity index (χ0v) is 9.13. The van der Waals surface area contributed by atoms with Crippen LogP contribution in [-0.4, -0.2) is 13.1 Å². The molecule has 1 unspecified atom stereocenters. The SMILES string of the molecule is CC1N(C)c2ccc(F)cc2C1(C)C. The Labute approximate surface area is 84.5 Å². The third-order valence-electron chi connectivity index (χ3n) is 3.66. The van der Waals surface area contributed by atoms with Crippen molar-refractivity contribution < 1.29 is 4.39 Å². The summed E-state index contributed by atoms with van der Waals surface area (Å²) in [4.78, 5) is 2.22. The number of nitrogens with zero attached hydrogens (tertiary/aromatic N) is 1. The average Bonchev–Trinajstić information content (AvgIpc) is 2.29. The molecule has 1 heterocycles. The quantitative estimate of drug-likeness (QED) is 0.612. The topological polar surface area (TPSA) is 3.24 Å². The number of halogens is 1. The minimum atomic E-state index is -0.140. The average molecular weight is 193 g/mol. The van der Waals surface area contributed by atoms with Gasteiger partial charge in [0.2, 0.25) is 0 Å². The monoisotopic (exact) mass is 193 g/mol. The standard InChI is InChI=1S/C12H16FN/c1-8-12(2,3)10-7-9(13)5-6-11(10)14(8)4/h5-8H,1-4H3. The molecule has 1 aliphatic heterocycles. The van der Waals surface area contributed by atoms with Gasteiger partial charge in [-0.15, -0.1) is 0 Å². The van der Waals surface area contributed by atoms with E-state index >= 15 is 0 Å². The summed E-state index contributed by atoms with van der Waals surface area (Å²) < 4.78 is 13.1. The van der Waals surface area contributed by atoms with Crippen LogP contribution in [0.25, 0.3) is 0 Å². The Kier molecular flexibility index (Phi) is 1.85. The maximum atomic E-state index is 13.1. The molecule has 0 N–H and O–H groups in total. The Bertz CT molecular complexity index is 371. The molecule has 2 heteroatoms. The van der Waals surface area contributed by atoms with E-state index in [1.165, 1.54) is 6.07 Å². The first-order valence-corrected chi connectivity index (χ1v) is 4.97. The number of fused-ring (bicyclic) bond motifs is 1. The lowest BCUT2D eigenvalue weighted by atomic mass is 9.81. The summed E-state index contributed by atoms with van der Waals surface area (Å²) in [6.07, 6.45) is 0. The van der Waals surface area contributed by atoms with Crippen LogP contribution in [0.4, 0.5) is 10.1 Å².